The maximum absolute atomic E-state index is 13.0. The highest BCUT2D eigenvalue weighted by molar-refractivity contribution is 5.95. The number of carbonyl (C=O) groups is 1. The first-order chi connectivity index (χ1) is 10.1. The molecule has 1 amide bonds. The fourth-order valence-corrected chi connectivity index (χ4v) is 2.71. The molecule has 2 aromatic carbocycles. The zero-order valence-corrected chi connectivity index (χ0v) is 11.7. The summed E-state index contributed by atoms with van der Waals surface area (Å²) in [5, 5.41) is 0. The van der Waals surface area contributed by atoms with Crippen molar-refractivity contribution in [3.63, 3.8) is 0 Å². The maximum atomic E-state index is 13.0. The number of nitrogens with zero attached hydrogens (tertiary/aromatic N) is 1. The van der Waals surface area contributed by atoms with Crippen molar-refractivity contribution in [2.75, 3.05) is 10.6 Å². The van der Waals surface area contributed by atoms with E-state index >= 15 is 0 Å². The van der Waals surface area contributed by atoms with Crippen LogP contribution in [0.4, 0.5) is 15.8 Å². The lowest BCUT2D eigenvalue weighted by Crippen LogP contribution is -2.29. The van der Waals surface area contributed by atoms with Crippen molar-refractivity contribution in [1.82, 2.24) is 0 Å². The molecule has 1 aliphatic rings. The number of hydrogen-bond acceptors (Lipinski definition) is 2. The molecule has 0 radical (unpaired) electrons. The molecule has 1 aliphatic heterocycles. The molecule has 4 heteroatoms. The fourth-order valence-electron chi connectivity index (χ4n) is 2.71. The van der Waals surface area contributed by atoms with E-state index in [0.717, 1.165) is 29.7 Å². The van der Waals surface area contributed by atoms with Gasteiger partial charge in [0.2, 0.25) is 5.91 Å². The van der Waals surface area contributed by atoms with Gasteiger partial charge in [-0.1, -0.05) is 12.1 Å². The Bertz CT molecular complexity index is 667. The number of rotatable bonds is 2. The first-order valence-electron chi connectivity index (χ1n) is 7.07. The van der Waals surface area contributed by atoms with Crippen molar-refractivity contribution in [1.29, 1.82) is 0 Å². The van der Waals surface area contributed by atoms with Gasteiger partial charge in [-0.3, -0.25) is 4.79 Å². The molecule has 2 N–H and O–H groups in total. The Morgan fingerprint density at radius 3 is 2.62 bits per heavy atom. The van der Waals surface area contributed by atoms with Crippen LogP contribution in [0.5, 0.6) is 0 Å². The highest BCUT2D eigenvalue weighted by Crippen LogP contribution is 2.30. The minimum Gasteiger partial charge on any atom is -0.399 e. The highest BCUT2D eigenvalue weighted by atomic mass is 19.1. The summed E-state index contributed by atoms with van der Waals surface area (Å²) in [5.41, 5.74) is 9.47. The van der Waals surface area contributed by atoms with E-state index < -0.39 is 0 Å². The smallest absolute Gasteiger partial charge is 0.227 e. The average molecular weight is 284 g/mol. The molecular weight excluding hydrogens is 267 g/mol. The molecule has 0 aliphatic carbocycles. The lowest BCUT2D eigenvalue weighted by Gasteiger charge is -2.23. The van der Waals surface area contributed by atoms with Gasteiger partial charge in [-0.2, -0.15) is 0 Å². The molecule has 0 bridgehead atoms. The molecule has 0 unspecified atom stereocenters. The summed E-state index contributed by atoms with van der Waals surface area (Å²) in [6.07, 6.45) is 2.21. The Kier molecular flexibility index (Phi) is 3.60. The number of hydrogen-bond donors (Lipinski definition) is 1. The van der Waals surface area contributed by atoms with Gasteiger partial charge in [0, 0.05) is 17.8 Å². The van der Waals surface area contributed by atoms with Gasteiger partial charge in [-0.05, 0) is 54.3 Å². The third-order valence-corrected chi connectivity index (χ3v) is 3.79. The van der Waals surface area contributed by atoms with Crippen LogP contribution in [0.15, 0.2) is 42.5 Å². The summed E-state index contributed by atoms with van der Waals surface area (Å²) in [6, 6.07) is 11.9. The molecule has 3 rings (SSSR count). The predicted octanol–water partition coefficient (Wildman–Crippen LogP) is 3.28. The van der Waals surface area contributed by atoms with Gasteiger partial charge >= 0.3 is 0 Å². The second-order valence-electron chi connectivity index (χ2n) is 5.35. The van der Waals surface area contributed by atoms with Crippen LogP contribution in [0.1, 0.15) is 24.0 Å². The lowest BCUT2D eigenvalue weighted by atomic mass is 10.1. The first-order valence-corrected chi connectivity index (χ1v) is 7.07. The Morgan fingerprint density at radius 1 is 1.10 bits per heavy atom. The van der Waals surface area contributed by atoms with Crippen LogP contribution in [0.2, 0.25) is 0 Å². The van der Waals surface area contributed by atoms with E-state index in [1.807, 2.05) is 18.2 Å². The Balaban J connectivity index is 1.95. The van der Waals surface area contributed by atoms with Crippen LogP contribution < -0.4 is 10.6 Å². The van der Waals surface area contributed by atoms with Crippen molar-refractivity contribution in [2.45, 2.75) is 25.8 Å². The first kappa shape index (κ1) is 13.6. The number of carbonyl (C=O) groups excluding carboxylic acids is 1. The fraction of sp³-hybridized carbons (Fsp3) is 0.235. The van der Waals surface area contributed by atoms with Crippen LogP contribution >= 0.6 is 0 Å². The van der Waals surface area contributed by atoms with Gasteiger partial charge in [-0.15, -0.1) is 0 Å². The van der Waals surface area contributed by atoms with Gasteiger partial charge in [0.15, 0.2) is 0 Å². The predicted molar refractivity (Wildman–Crippen MR) is 81.4 cm³/mol. The number of fused-ring (bicyclic) bond motifs is 1. The molecule has 108 valence electrons. The number of amides is 1. The highest BCUT2D eigenvalue weighted by Gasteiger charge is 2.22. The largest absolute Gasteiger partial charge is 0.399 e. The van der Waals surface area contributed by atoms with E-state index in [1.165, 1.54) is 12.1 Å². The molecule has 2 aromatic rings. The molecule has 0 spiro atoms. The van der Waals surface area contributed by atoms with Crippen molar-refractivity contribution in [3.8, 4) is 0 Å². The minimum atomic E-state index is -0.269. The van der Waals surface area contributed by atoms with Gasteiger partial charge in [0.1, 0.15) is 5.82 Å². The summed E-state index contributed by atoms with van der Waals surface area (Å²) in [5.74, 6) is -0.169. The molecule has 21 heavy (non-hydrogen) atoms. The van der Waals surface area contributed by atoms with Crippen molar-refractivity contribution in [2.24, 2.45) is 0 Å². The van der Waals surface area contributed by atoms with Crippen LogP contribution in [-0.2, 0) is 17.8 Å². The van der Waals surface area contributed by atoms with Gasteiger partial charge in [0.25, 0.3) is 0 Å². The maximum Gasteiger partial charge on any atom is 0.227 e. The summed E-state index contributed by atoms with van der Waals surface area (Å²) in [6.45, 7) is 0.454. The minimum absolute atomic E-state index is 0.0999. The SMILES string of the molecule is Nc1ccc2c(c1)CCCC(=O)N2Cc1ccc(F)cc1. The van der Waals surface area contributed by atoms with E-state index in [4.69, 9.17) is 5.73 Å². The number of aryl methyl sites for hydroxylation is 1. The zero-order chi connectivity index (χ0) is 14.8. The molecule has 0 saturated carbocycles. The van der Waals surface area contributed by atoms with Crippen molar-refractivity contribution in [3.05, 3.63) is 59.4 Å². The number of nitrogen functional groups attached to an aromatic ring is 1. The Morgan fingerprint density at radius 2 is 1.86 bits per heavy atom. The second-order valence-corrected chi connectivity index (χ2v) is 5.35. The summed E-state index contributed by atoms with van der Waals surface area (Å²) < 4.78 is 13.0. The molecule has 0 saturated heterocycles. The zero-order valence-electron chi connectivity index (χ0n) is 11.7. The summed E-state index contributed by atoms with van der Waals surface area (Å²) >= 11 is 0. The van der Waals surface area contributed by atoms with E-state index in [-0.39, 0.29) is 11.7 Å². The monoisotopic (exact) mass is 284 g/mol. The normalized spacial score (nSPS) is 14.7. The van der Waals surface area contributed by atoms with Crippen molar-refractivity contribution < 1.29 is 9.18 Å². The number of anilines is 2. The third kappa shape index (κ3) is 2.89. The average Bonchev–Trinajstić information content (AvgIpc) is 2.61. The van der Waals surface area contributed by atoms with Crippen molar-refractivity contribution >= 4 is 17.3 Å². The Labute approximate surface area is 123 Å². The van der Waals surface area contributed by atoms with Gasteiger partial charge < -0.3 is 10.6 Å². The second kappa shape index (κ2) is 5.56. The standard InChI is InChI=1S/C17H17FN2O/c18-14-6-4-12(5-7-14)11-20-16-9-8-15(19)10-13(16)2-1-3-17(20)21/h4-10H,1-3,11,19H2. The quantitative estimate of drug-likeness (QED) is 0.860. The van der Waals surface area contributed by atoms with Crippen LogP contribution in [0.25, 0.3) is 0 Å². The molecule has 3 nitrogen and oxygen atoms in total. The van der Waals surface area contributed by atoms with E-state index in [9.17, 15) is 9.18 Å². The number of nitrogens with two attached hydrogens (primary N) is 1. The van der Waals surface area contributed by atoms with Gasteiger partial charge in [0.05, 0.1) is 6.54 Å². The Hall–Kier alpha value is -2.36. The van der Waals surface area contributed by atoms with Crippen LogP contribution in [-0.4, -0.2) is 5.91 Å². The molecule has 0 fully saturated rings. The topological polar surface area (TPSA) is 46.3 Å². The molecular formula is C17H17FN2O. The third-order valence-electron chi connectivity index (χ3n) is 3.79. The summed E-state index contributed by atoms with van der Waals surface area (Å²) in [7, 11) is 0. The molecule has 0 aromatic heterocycles. The number of benzene rings is 2. The van der Waals surface area contributed by atoms with Gasteiger partial charge in [-0.25, -0.2) is 4.39 Å². The lowest BCUT2D eigenvalue weighted by molar-refractivity contribution is -0.118. The van der Waals surface area contributed by atoms with E-state index in [0.29, 0.717) is 18.7 Å². The molecule has 1 heterocycles. The van der Waals surface area contributed by atoms with E-state index in [1.54, 1.807) is 17.0 Å². The van der Waals surface area contributed by atoms with E-state index in [2.05, 4.69) is 0 Å². The summed E-state index contributed by atoms with van der Waals surface area (Å²) in [4.78, 5) is 14.1. The molecule has 0 atom stereocenters. The number of halogens is 1. The van der Waals surface area contributed by atoms with Crippen LogP contribution in [0.3, 0.4) is 0 Å². The van der Waals surface area contributed by atoms with Crippen LogP contribution in [0, 0.1) is 5.82 Å².